The number of alkyl halides is 2. The number of hydrogen-bond acceptors (Lipinski definition) is 3. The Balaban J connectivity index is 3.60. The van der Waals surface area contributed by atoms with Crippen LogP contribution >= 0.6 is 0 Å². The number of methoxy groups -OCH3 is 1. The minimum absolute atomic E-state index is 0.262. The van der Waals surface area contributed by atoms with Gasteiger partial charge in [0.1, 0.15) is 13.2 Å². The highest BCUT2D eigenvalue weighted by atomic mass is 19.3. The van der Waals surface area contributed by atoms with Crippen LogP contribution in [-0.4, -0.2) is 43.8 Å². The second kappa shape index (κ2) is 5.00. The van der Waals surface area contributed by atoms with E-state index in [0.29, 0.717) is 0 Å². The maximum atomic E-state index is 12.2. The van der Waals surface area contributed by atoms with Crippen molar-refractivity contribution in [3.63, 3.8) is 0 Å². The van der Waals surface area contributed by atoms with Gasteiger partial charge in [0.2, 0.25) is 5.91 Å². The first-order valence-corrected chi connectivity index (χ1v) is 3.26. The molecular formula is C6H11F2NO3. The third kappa shape index (κ3) is 4.97. The molecule has 12 heavy (non-hydrogen) atoms. The Morgan fingerprint density at radius 2 is 2.25 bits per heavy atom. The summed E-state index contributed by atoms with van der Waals surface area (Å²) in [6.45, 7) is -2.41. The highest BCUT2D eigenvalue weighted by Gasteiger charge is 2.27. The summed E-state index contributed by atoms with van der Waals surface area (Å²) in [6, 6.07) is 0. The van der Waals surface area contributed by atoms with E-state index < -0.39 is 25.0 Å². The number of halogens is 2. The molecule has 2 N–H and O–H groups in total. The summed E-state index contributed by atoms with van der Waals surface area (Å²) in [6.07, 6.45) is 0. The number of ether oxygens (including phenoxy) is 1. The van der Waals surface area contributed by atoms with Gasteiger partial charge in [0.25, 0.3) is 5.92 Å². The van der Waals surface area contributed by atoms with Crippen molar-refractivity contribution in [3.8, 4) is 0 Å². The average molecular weight is 183 g/mol. The van der Waals surface area contributed by atoms with Gasteiger partial charge in [-0.3, -0.25) is 4.79 Å². The maximum absolute atomic E-state index is 12.2. The quantitative estimate of drug-likeness (QED) is 0.597. The molecule has 0 aromatic rings. The lowest BCUT2D eigenvalue weighted by Gasteiger charge is -2.13. The fourth-order valence-corrected chi connectivity index (χ4v) is 0.466. The number of rotatable bonds is 5. The van der Waals surface area contributed by atoms with E-state index in [1.807, 2.05) is 5.32 Å². The Morgan fingerprint density at radius 1 is 1.67 bits per heavy atom. The van der Waals surface area contributed by atoms with E-state index in [4.69, 9.17) is 5.11 Å². The maximum Gasteiger partial charge on any atom is 0.287 e. The molecule has 0 saturated heterocycles. The molecule has 0 bridgehead atoms. The van der Waals surface area contributed by atoms with Gasteiger partial charge in [-0.1, -0.05) is 0 Å². The van der Waals surface area contributed by atoms with Crippen LogP contribution in [0.25, 0.3) is 0 Å². The summed E-state index contributed by atoms with van der Waals surface area (Å²) >= 11 is 0. The first-order chi connectivity index (χ1) is 5.52. The number of hydrogen-bond donors (Lipinski definition) is 2. The highest BCUT2D eigenvalue weighted by Crippen LogP contribution is 2.09. The molecule has 0 spiro atoms. The summed E-state index contributed by atoms with van der Waals surface area (Å²) in [7, 11) is 1.28. The van der Waals surface area contributed by atoms with Crippen LogP contribution in [0, 0.1) is 0 Å². The minimum atomic E-state index is -3.26. The number of aliphatic hydroxyl groups excluding tert-OH is 1. The van der Waals surface area contributed by atoms with Gasteiger partial charge in [0, 0.05) is 7.11 Å². The number of carbonyl (C=O) groups excluding carboxylic acids is 1. The van der Waals surface area contributed by atoms with Crippen LogP contribution in [0.2, 0.25) is 0 Å². The fraction of sp³-hybridized carbons (Fsp3) is 0.833. The van der Waals surface area contributed by atoms with E-state index in [9.17, 15) is 13.6 Å². The van der Waals surface area contributed by atoms with Gasteiger partial charge in [0.05, 0.1) is 6.54 Å². The number of carbonyl (C=O) groups is 1. The topological polar surface area (TPSA) is 58.6 Å². The van der Waals surface area contributed by atoms with Crippen molar-refractivity contribution in [1.82, 2.24) is 5.32 Å². The average Bonchev–Trinajstić information content (AvgIpc) is 2.02. The zero-order valence-corrected chi connectivity index (χ0v) is 6.64. The van der Waals surface area contributed by atoms with Crippen LogP contribution in [0.15, 0.2) is 0 Å². The number of aliphatic hydroxyl groups is 1. The van der Waals surface area contributed by atoms with E-state index in [1.54, 1.807) is 0 Å². The van der Waals surface area contributed by atoms with Crippen LogP contribution < -0.4 is 5.32 Å². The van der Waals surface area contributed by atoms with Gasteiger partial charge in [0.15, 0.2) is 0 Å². The van der Waals surface area contributed by atoms with E-state index in [1.165, 1.54) is 7.11 Å². The Hall–Kier alpha value is -0.750. The predicted molar refractivity (Wildman–Crippen MR) is 36.9 cm³/mol. The third-order valence-corrected chi connectivity index (χ3v) is 1.05. The lowest BCUT2D eigenvalue weighted by molar-refractivity contribution is -0.127. The van der Waals surface area contributed by atoms with Crippen molar-refractivity contribution in [1.29, 1.82) is 0 Å². The van der Waals surface area contributed by atoms with Crippen molar-refractivity contribution in [2.75, 3.05) is 26.9 Å². The number of nitrogens with one attached hydrogen (secondary N) is 1. The van der Waals surface area contributed by atoms with Crippen LogP contribution in [-0.2, 0) is 9.53 Å². The van der Waals surface area contributed by atoms with E-state index in [0.717, 1.165) is 0 Å². The molecule has 0 heterocycles. The molecule has 0 radical (unpaired) electrons. The molecule has 0 unspecified atom stereocenters. The normalized spacial score (nSPS) is 11.3. The summed E-state index contributed by atoms with van der Waals surface area (Å²) < 4.78 is 28.9. The smallest absolute Gasteiger partial charge is 0.287 e. The van der Waals surface area contributed by atoms with Gasteiger partial charge >= 0.3 is 0 Å². The lowest BCUT2D eigenvalue weighted by Crippen LogP contribution is -2.40. The highest BCUT2D eigenvalue weighted by molar-refractivity contribution is 5.77. The molecular weight excluding hydrogens is 172 g/mol. The van der Waals surface area contributed by atoms with Crippen molar-refractivity contribution in [2.24, 2.45) is 0 Å². The molecule has 0 aromatic carbocycles. The van der Waals surface area contributed by atoms with Gasteiger partial charge < -0.3 is 15.2 Å². The van der Waals surface area contributed by atoms with Gasteiger partial charge in [-0.15, -0.1) is 0 Å². The first kappa shape index (κ1) is 11.2. The Morgan fingerprint density at radius 3 is 2.67 bits per heavy atom. The van der Waals surface area contributed by atoms with E-state index in [2.05, 4.69) is 4.74 Å². The summed E-state index contributed by atoms with van der Waals surface area (Å²) in [4.78, 5) is 10.6. The van der Waals surface area contributed by atoms with E-state index >= 15 is 0 Å². The molecule has 1 amide bonds. The molecule has 6 heteroatoms. The monoisotopic (exact) mass is 183 g/mol. The zero-order valence-electron chi connectivity index (χ0n) is 6.64. The first-order valence-electron chi connectivity index (χ1n) is 3.26. The second-order valence-electron chi connectivity index (χ2n) is 2.22. The van der Waals surface area contributed by atoms with Gasteiger partial charge in [-0.25, -0.2) is 8.78 Å². The SMILES string of the molecule is COCC(=O)NCC(F)(F)CO. The van der Waals surface area contributed by atoms with Gasteiger partial charge in [-0.05, 0) is 0 Å². The second-order valence-corrected chi connectivity index (χ2v) is 2.22. The minimum Gasteiger partial charge on any atom is -0.390 e. The summed E-state index contributed by atoms with van der Waals surface area (Å²) in [5.41, 5.74) is 0. The van der Waals surface area contributed by atoms with Crippen molar-refractivity contribution < 1.29 is 23.4 Å². The van der Waals surface area contributed by atoms with Crippen molar-refractivity contribution in [3.05, 3.63) is 0 Å². The zero-order chi connectivity index (χ0) is 9.61. The van der Waals surface area contributed by atoms with Crippen LogP contribution in [0.5, 0.6) is 0 Å². The molecule has 0 aliphatic heterocycles. The Kier molecular flexibility index (Phi) is 4.68. The lowest BCUT2D eigenvalue weighted by atomic mass is 10.3. The number of amides is 1. The van der Waals surface area contributed by atoms with Gasteiger partial charge in [-0.2, -0.15) is 0 Å². The largest absolute Gasteiger partial charge is 0.390 e. The molecule has 0 aromatic heterocycles. The molecule has 0 rings (SSSR count). The standard InChI is InChI=1S/C6H11F2NO3/c1-12-2-5(11)9-3-6(7,8)4-10/h10H,2-4H2,1H3,(H,9,11). The van der Waals surface area contributed by atoms with Crippen LogP contribution in [0.4, 0.5) is 8.78 Å². The molecule has 0 aliphatic rings. The fourth-order valence-electron chi connectivity index (χ4n) is 0.466. The molecule has 0 atom stereocenters. The molecule has 0 aliphatic carbocycles. The third-order valence-electron chi connectivity index (χ3n) is 1.05. The van der Waals surface area contributed by atoms with Crippen LogP contribution in [0.3, 0.4) is 0 Å². The molecule has 4 nitrogen and oxygen atoms in total. The molecule has 0 saturated carbocycles. The Bertz CT molecular complexity index is 152. The van der Waals surface area contributed by atoms with Crippen LogP contribution in [0.1, 0.15) is 0 Å². The molecule has 72 valence electrons. The summed E-state index contributed by atoms with van der Waals surface area (Å²) in [5.74, 6) is -3.89. The van der Waals surface area contributed by atoms with Crippen molar-refractivity contribution in [2.45, 2.75) is 5.92 Å². The molecule has 0 fully saturated rings. The Labute approximate surface area is 68.5 Å². The van der Waals surface area contributed by atoms with Crippen molar-refractivity contribution >= 4 is 5.91 Å². The summed E-state index contributed by atoms with van der Waals surface area (Å²) in [5, 5.41) is 10.0. The predicted octanol–water partition coefficient (Wildman–Crippen LogP) is -0.623. The van der Waals surface area contributed by atoms with E-state index in [-0.39, 0.29) is 6.61 Å².